The van der Waals surface area contributed by atoms with E-state index in [1.165, 1.54) is 5.56 Å². The number of hydrogen-bond donors (Lipinski definition) is 1. The van der Waals surface area contributed by atoms with Gasteiger partial charge in [-0.15, -0.1) is 0 Å². The average Bonchev–Trinajstić information content (AvgIpc) is 2.52. The fourth-order valence-corrected chi connectivity index (χ4v) is 2.75. The second kappa shape index (κ2) is 7.86. The molecule has 1 N–H and O–H groups in total. The van der Waals surface area contributed by atoms with Crippen molar-refractivity contribution in [2.24, 2.45) is 5.92 Å². The largest absolute Gasteiger partial charge is 0.388 e. The minimum Gasteiger partial charge on any atom is -0.388 e. The Balaban J connectivity index is 1.99. The molecule has 2 aromatic carbocycles. The molecule has 0 aliphatic carbocycles. The van der Waals surface area contributed by atoms with Crippen LogP contribution in [0.3, 0.4) is 0 Å². The molecule has 0 aliphatic rings. The molecule has 2 aromatic rings. The van der Waals surface area contributed by atoms with Crippen molar-refractivity contribution in [1.29, 1.82) is 0 Å². The molecular formula is C19H24O. The minimum absolute atomic E-state index is 0.336. The third-order valence-electron chi connectivity index (χ3n) is 3.89. The van der Waals surface area contributed by atoms with E-state index in [9.17, 15) is 5.11 Å². The van der Waals surface area contributed by atoms with Crippen molar-refractivity contribution in [3.8, 4) is 0 Å². The molecule has 0 fully saturated rings. The smallest absolute Gasteiger partial charge is 0.0818 e. The predicted octanol–water partition coefficient (Wildman–Crippen LogP) is 4.77. The van der Waals surface area contributed by atoms with Crippen LogP contribution < -0.4 is 0 Å². The SMILES string of the molecule is CCCC(CCc1ccccc1)[C@H](O)c1ccccc1. The van der Waals surface area contributed by atoms with Gasteiger partial charge in [-0.2, -0.15) is 0 Å². The van der Waals surface area contributed by atoms with Crippen LogP contribution in [-0.4, -0.2) is 5.11 Å². The van der Waals surface area contributed by atoms with E-state index in [-0.39, 0.29) is 6.10 Å². The van der Waals surface area contributed by atoms with Crippen LogP contribution in [0, 0.1) is 5.92 Å². The summed E-state index contributed by atoms with van der Waals surface area (Å²) in [5, 5.41) is 10.6. The average molecular weight is 268 g/mol. The quantitative estimate of drug-likeness (QED) is 0.767. The van der Waals surface area contributed by atoms with Crippen molar-refractivity contribution in [2.75, 3.05) is 0 Å². The summed E-state index contributed by atoms with van der Waals surface area (Å²) in [6.45, 7) is 2.19. The number of rotatable bonds is 7. The van der Waals surface area contributed by atoms with Gasteiger partial charge in [-0.1, -0.05) is 74.0 Å². The van der Waals surface area contributed by atoms with Gasteiger partial charge in [-0.3, -0.25) is 0 Å². The highest BCUT2D eigenvalue weighted by atomic mass is 16.3. The number of aliphatic hydroxyl groups excluding tert-OH is 1. The lowest BCUT2D eigenvalue weighted by Gasteiger charge is -2.23. The first-order valence-corrected chi connectivity index (χ1v) is 7.58. The monoisotopic (exact) mass is 268 g/mol. The van der Waals surface area contributed by atoms with E-state index in [1.54, 1.807) is 0 Å². The Hall–Kier alpha value is -1.60. The summed E-state index contributed by atoms with van der Waals surface area (Å²) in [6.07, 6.45) is 3.91. The van der Waals surface area contributed by atoms with Gasteiger partial charge in [0.2, 0.25) is 0 Å². The van der Waals surface area contributed by atoms with Gasteiger partial charge in [0.05, 0.1) is 6.10 Å². The maximum atomic E-state index is 10.6. The number of aryl methyl sites for hydroxylation is 1. The molecule has 1 heteroatoms. The lowest BCUT2D eigenvalue weighted by molar-refractivity contribution is 0.0971. The Labute approximate surface area is 122 Å². The third kappa shape index (κ3) is 4.21. The summed E-state index contributed by atoms with van der Waals surface area (Å²) in [6, 6.07) is 20.6. The summed E-state index contributed by atoms with van der Waals surface area (Å²) in [7, 11) is 0. The molecule has 106 valence electrons. The highest BCUT2D eigenvalue weighted by Gasteiger charge is 2.19. The molecule has 0 saturated heterocycles. The van der Waals surface area contributed by atoms with E-state index in [1.807, 2.05) is 36.4 Å². The summed E-state index contributed by atoms with van der Waals surface area (Å²) in [5.41, 5.74) is 2.40. The van der Waals surface area contributed by atoms with Crippen molar-refractivity contribution in [2.45, 2.75) is 38.7 Å². The Bertz CT molecular complexity index is 478. The van der Waals surface area contributed by atoms with Crippen LogP contribution in [0.15, 0.2) is 60.7 Å². The van der Waals surface area contributed by atoms with Crippen LogP contribution in [-0.2, 0) is 6.42 Å². The number of aliphatic hydroxyl groups is 1. The Morgan fingerprint density at radius 2 is 1.45 bits per heavy atom. The van der Waals surface area contributed by atoms with Gasteiger partial charge in [0.1, 0.15) is 0 Å². The van der Waals surface area contributed by atoms with Crippen molar-refractivity contribution in [3.05, 3.63) is 71.8 Å². The molecule has 0 aromatic heterocycles. The Kier molecular flexibility index (Phi) is 5.82. The Morgan fingerprint density at radius 1 is 0.850 bits per heavy atom. The van der Waals surface area contributed by atoms with E-state index >= 15 is 0 Å². The van der Waals surface area contributed by atoms with Gasteiger partial charge in [-0.25, -0.2) is 0 Å². The van der Waals surface area contributed by atoms with E-state index in [4.69, 9.17) is 0 Å². The first-order valence-electron chi connectivity index (χ1n) is 7.58. The zero-order chi connectivity index (χ0) is 14.2. The summed E-state index contributed by atoms with van der Waals surface area (Å²) in [5.74, 6) is 0.336. The predicted molar refractivity (Wildman–Crippen MR) is 84.6 cm³/mol. The molecule has 2 atom stereocenters. The third-order valence-corrected chi connectivity index (χ3v) is 3.89. The zero-order valence-corrected chi connectivity index (χ0v) is 12.2. The van der Waals surface area contributed by atoms with E-state index in [2.05, 4.69) is 31.2 Å². The van der Waals surface area contributed by atoms with E-state index in [0.29, 0.717) is 5.92 Å². The standard InChI is InChI=1S/C19H24O/c1-2-9-17(15-14-16-10-5-3-6-11-16)19(20)18-12-7-4-8-13-18/h3-8,10-13,17,19-20H,2,9,14-15H2,1H3/t17?,19-/m0/s1. The van der Waals surface area contributed by atoms with Gasteiger partial charge in [0.25, 0.3) is 0 Å². The molecule has 20 heavy (non-hydrogen) atoms. The maximum absolute atomic E-state index is 10.6. The van der Waals surface area contributed by atoms with E-state index < -0.39 is 0 Å². The fraction of sp³-hybridized carbons (Fsp3) is 0.368. The summed E-state index contributed by atoms with van der Waals surface area (Å²) in [4.78, 5) is 0. The van der Waals surface area contributed by atoms with Crippen LogP contribution in [0.25, 0.3) is 0 Å². The maximum Gasteiger partial charge on any atom is 0.0818 e. The Morgan fingerprint density at radius 3 is 2.05 bits per heavy atom. The number of benzene rings is 2. The van der Waals surface area contributed by atoms with Crippen LogP contribution in [0.5, 0.6) is 0 Å². The van der Waals surface area contributed by atoms with Crippen LogP contribution >= 0.6 is 0 Å². The molecule has 0 saturated carbocycles. The van der Waals surface area contributed by atoms with Gasteiger partial charge in [0, 0.05) is 0 Å². The minimum atomic E-state index is -0.347. The van der Waals surface area contributed by atoms with Gasteiger partial charge in [-0.05, 0) is 36.3 Å². The van der Waals surface area contributed by atoms with Crippen molar-refractivity contribution in [3.63, 3.8) is 0 Å². The topological polar surface area (TPSA) is 20.2 Å². The first kappa shape index (κ1) is 14.8. The molecule has 2 rings (SSSR count). The lowest BCUT2D eigenvalue weighted by atomic mass is 9.87. The normalized spacial score (nSPS) is 13.9. The highest BCUT2D eigenvalue weighted by Crippen LogP contribution is 2.29. The first-order chi connectivity index (χ1) is 9.81. The second-order valence-corrected chi connectivity index (χ2v) is 5.43. The highest BCUT2D eigenvalue weighted by molar-refractivity contribution is 5.19. The molecule has 0 aliphatic heterocycles. The van der Waals surface area contributed by atoms with Gasteiger partial charge < -0.3 is 5.11 Å². The molecule has 0 radical (unpaired) electrons. The van der Waals surface area contributed by atoms with Crippen LogP contribution in [0.2, 0.25) is 0 Å². The van der Waals surface area contributed by atoms with Crippen molar-refractivity contribution >= 4 is 0 Å². The van der Waals surface area contributed by atoms with Crippen LogP contribution in [0.4, 0.5) is 0 Å². The van der Waals surface area contributed by atoms with Gasteiger partial charge in [0.15, 0.2) is 0 Å². The second-order valence-electron chi connectivity index (χ2n) is 5.43. The summed E-state index contributed by atoms with van der Waals surface area (Å²) >= 11 is 0. The molecule has 0 amide bonds. The molecule has 0 heterocycles. The number of hydrogen-bond acceptors (Lipinski definition) is 1. The molecule has 0 bridgehead atoms. The van der Waals surface area contributed by atoms with Crippen molar-refractivity contribution < 1.29 is 5.11 Å². The van der Waals surface area contributed by atoms with Gasteiger partial charge >= 0.3 is 0 Å². The molecule has 1 unspecified atom stereocenters. The molecule has 0 spiro atoms. The fourth-order valence-electron chi connectivity index (χ4n) is 2.75. The molecular weight excluding hydrogens is 244 g/mol. The zero-order valence-electron chi connectivity index (χ0n) is 12.2. The summed E-state index contributed by atoms with van der Waals surface area (Å²) < 4.78 is 0. The molecule has 1 nitrogen and oxygen atoms in total. The van der Waals surface area contributed by atoms with Crippen molar-refractivity contribution in [1.82, 2.24) is 0 Å². The van der Waals surface area contributed by atoms with E-state index in [0.717, 1.165) is 31.2 Å². The lowest BCUT2D eigenvalue weighted by Crippen LogP contribution is -2.13. The van der Waals surface area contributed by atoms with Crippen LogP contribution in [0.1, 0.15) is 43.4 Å².